The average Bonchev–Trinajstić information content (AvgIpc) is 3.50. The van der Waals surface area contributed by atoms with Crippen LogP contribution >= 0.6 is 0 Å². The molecule has 4 rings (SSSR count). The highest BCUT2D eigenvalue weighted by Crippen LogP contribution is 2.14. The van der Waals surface area contributed by atoms with Crippen LogP contribution in [0.2, 0.25) is 0 Å². The second-order valence-corrected chi connectivity index (χ2v) is 10.1. The van der Waals surface area contributed by atoms with Gasteiger partial charge in [-0.15, -0.1) is 0 Å². The molecule has 7 N–H and O–H groups in total. The molecule has 0 aromatic heterocycles. The molecule has 2 aliphatic rings. The van der Waals surface area contributed by atoms with Gasteiger partial charge in [0.2, 0.25) is 5.91 Å². The Kier molecular flexibility index (Phi) is 9.63. The fourth-order valence-electron chi connectivity index (χ4n) is 4.75. The lowest BCUT2D eigenvalue weighted by Gasteiger charge is -2.27. The number of carboxylic acids is 2. The van der Waals surface area contributed by atoms with Crippen molar-refractivity contribution in [2.45, 2.75) is 57.5 Å². The van der Waals surface area contributed by atoms with E-state index in [2.05, 4.69) is 16.0 Å². The summed E-state index contributed by atoms with van der Waals surface area (Å²) in [6.45, 7) is 1.81. The molecule has 3 atom stereocenters. The van der Waals surface area contributed by atoms with Crippen molar-refractivity contribution < 1.29 is 53.5 Å². The van der Waals surface area contributed by atoms with Crippen LogP contribution < -0.4 is 26.9 Å². The largest absolute Gasteiger partial charge is 0.491 e. The summed E-state index contributed by atoms with van der Waals surface area (Å²) < 4.78 is 10.3. The number of amides is 3. The van der Waals surface area contributed by atoms with Crippen LogP contribution in [0.4, 0.5) is 0 Å². The minimum absolute atomic E-state index is 0.0928. The zero-order valence-electron chi connectivity index (χ0n) is 22.5. The van der Waals surface area contributed by atoms with E-state index in [4.69, 9.17) is 14.4 Å². The van der Waals surface area contributed by atoms with Crippen molar-refractivity contribution >= 4 is 54.8 Å². The SMILES string of the molecule is CC(NC(=O)c1ccc2c(c1)B(O)OC2)C(NC(=O)c1ccc2c(c1)B(O)OC2)C(=O)NC(CCC(=O)O)CC(=O)O. The van der Waals surface area contributed by atoms with Gasteiger partial charge >= 0.3 is 26.2 Å². The fraction of sp³-hybridized carbons (Fsp3) is 0.346. The Morgan fingerprint density at radius 3 is 1.83 bits per heavy atom. The van der Waals surface area contributed by atoms with Gasteiger partial charge in [0.05, 0.1) is 25.7 Å². The highest BCUT2D eigenvalue weighted by molar-refractivity contribution is 6.62. The zero-order valence-corrected chi connectivity index (χ0v) is 22.5. The second kappa shape index (κ2) is 13.2. The van der Waals surface area contributed by atoms with Crippen LogP contribution in [0.3, 0.4) is 0 Å². The topological polar surface area (TPSA) is 221 Å². The van der Waals surface area contributed by atoms with E-state index in [1.807, 2.05) is 0 Å². The quantitative estimate of drug-likeness (QED) is 0.134. The second-order valence-electron chi connectivity index (χ2n) is 10.1. The summed E-state index contributed by atoms with van der Waals surface area (Å²) >= 11 is 0. The molecule has 2 aromatic carbocycles. The molecule has 0 spiro atoms. The number of carbonyl (C=O) groups is 5. The van der Waals surface area contributed by atoms with Crippen LogP contribution in [0.5, 0.6) is 0 Å². The van der Waals surface area contributed by atoms with Gasteiger partial charge in [-0.25, -0.2) is 0 Å². The molecule has 220 valence electrons. The summed E-state index contributed by atoms with van der Waals surface area (Å²) in [5.74, 6) is -4.65. The Morgan fingerprint density at radius 2 is 1.33 bits per heavy atom. The normalized spacial score (nSPS) is 15.7. The molecule has 3 unspecified atom stereocenters. The lowest BCUT2D eigenvalue weighted by atomic mass is 9.78. The Labute approximate surface area is 240 Å². The third-order valence-electron chi connectivity index (χ3n) is 7.04. The van der Waals surface area contributed by atoms with Gasteiger partial charge in [0.1, 0.15) is 6.04 Å². The first kappa shape index (κ1) is 30.7. The summed E-state index contributed by atoms with van der Waals surface area (Å²) in [6, 6.07) is 5.54. The lowest BCUT2D eigenvalue weighted by Crippen LogP contribution is -2.59. The van der Waals surface area contributed by atoms with Crippen molar-refractivity contribution in [3.8, 4) is 0 Å². The maximum Gasteiger partial charge on any atom is 0.491 e. The number of carbonyl (C=O) groups excluding carboxylic acids is 3. The number of fused-ring (bicyclic) bond motifs is 2. The third-order valence-corrected chi connectivity index (χ3v) is 7.04. The monoisotopic (exact) mass is 581 g/mol. The predicted octanol–water partition coefficient (Wildman–Crippen LogP) is -2.14. The average molecular weight is 581 g/mol. The molecule has 0 saturated carbocycles. The van der Waals surface area contributed by atoms with E-state index in [1.54, 1.807) is 12.1 Å². The van der Waals surface area contributed by atoms with Crippen molar-refractivity contribution in [2.24, 2.45) is 0 Å². The number of rotatable bonds is 12. The van der Waals surface area contributed by atoms with E-state index >= 15 is 0 Å². The van der Waals surface area contributed by atoms with E-state index in [-0.39, 0.29) is 30.8 Å². The number of hydrogen-bond donors (Lipinski definition) is 7. The van der Waals surface area contributed by atoms with Crippen molar-refractivity contribution in [1.29, 1.82) is 0 Å². The molecular weight excluding hydrogens is 552 g/mol. The van der Waals surface area contributed by atoms with Gasteiger partial charge in [-0.1, -0.05) is 12.1 Å². The molecule has 0 saturated heterocycles. The molecule has 2 heterocycles. The first-order valence-electron chi connectivity index (χ1n) is 13.1. The summed E-state index contributed by atoms with van der Waals surface area (Å²) in [6.07, 6.45) is -1.16. The maximum atomic E-state index is 13.4. The molecule has 0 fully saturated rings. The highest BCUT2D eigenvalue weighted by atomic mass is 16.5. The van der Waals surface area contributed by atoms with Crippen LogP contribution in [0.1, 0.15) is 58.0 Å². The summed E-state index contributed by atoms with van der Waals surface area (Å²) in [7, 11) is -2.40. The number of benzene rings is 2. The maximum absolute atomic E-state index is 13.4. The van der Waals surface area contributed by atoms with Crippen molar-refractivity contribution in [3.05, 3.63) is 58.7 Å². The summed E-state index contributed by atoms with van der Waals surface area (Å²) in [5, 5.41) is 46.0. The van der Waals surface area contributed by atoms with E-state index < -0.39 is 74.9 Å². The van der Waals surface area contributed by atoms with E-state index in [0.29, 0.717) is 22.1 Å². The van der Waals surface area contributed by atoms with Gasteiger partial charge in [0.25, 0.3) is 11.8 Å². The minimum Gasteiger partial charge on any atom is -0.481 e. The molecule has 14 nitrogen and oxygen atoms in total. The molecule has 0 aliphatic carbocycles. The predicted molar refractivity (Wildman–Crippen MR) is 147 cm³/mol. The standard InChI is InChI=1S/C26H29B2N3O11/c1-13(29-24(36)14-2-4-16-11-41-27(39)19(16)8-14)23(26(38)30-18(10-22(34)35)6-7-21(32)33)31-25(37)15-3-5-17-12-42-28(40)20(17)9-15/h2-5,8-9,13,18,23,39-40H,6-7,10-12H2,1H3,(H,29,36)(H,30,38)(H,31,37)(H,32,33)(H,34,35). The molecule has 0 bridgehead atoms. The number of nitrogens with one attached hydrogen (secondary N) is 3. The molecular formula is C26H29B2N3O11. The molecule has 2 aliphatic heterocycles. The molecule has 3 amide bonds. The van der Waals surface area contributed by atoms with Crippen LogP contribution in [0.15, 0.2) is 36.4 Å². The Morgan fingerprint density at radius 1 is 0.810 bits per heavy atom. The van der Waals surface area contributed by atoms with Gasteiger partial charge < -0.3 is 45.5 Å². The highest BCUT2D eigenvalue weighted by Gasteiger charge is 2.33. The van der Waals surface area contributed by atoms with Crippen LogP contribution in [0.25, 0.3) is 0 Å². The zero-order chi connectivity index (χ0) is 30.6. The third kappa shape index (κ3) is 7.33. The Hall–Kier alpha value is -4.24. The first-order valence-corrected chi connectivity index (χ1v) is 13.1. The molecule has 16 heteroatoms. The van der Waals surface area contributed by atoms with Crippen LogP contribution in [0, 0.1) is 0 Å². The Bertz CT molecular complexity index is 1410. The van der Waals surface area contributed by atoms with E-state index in [1.165, 1.54) is 31.2 Å². The summed E-state index contributed by atoms with van der Waals surface area (Å²) in [5.41, 5.74) is 2.48. The van der Waals surface area contributed by atoms with Crippen molar-refractivity contribution in [3.63, 3.8) is 0 Å². The van der Waals surface area contributed by atoms with Gasteiger partial charge in [-0.2, -0.15) is 0 Å². The van der Waals surface area contributed by atoms with Crippen molar-refractivity contribution in [2.75, 3.05) is 0 Å². The molecule has 42 heavy (non-hydrogen) atoms. The first-order chi connectivity index (χ1) is 19.9. The Balaban J connectivity index is 1.55. The van der Waals surface area contributed by atoms with E-state index in [0.717, 1.165) is 0 Å². The van der Waals surface area contributed by atoms with Crippen LogP contribution in [-0.2, 0) is 36.9 Å². The van der Waals surface area contributed by atoms with Gasteiger partial charge in [-0.05, 0) is 59.7 Å². The smallest absolute Gasteiger partial charge is 0.481 e. The van der Waals surface area contributed by atoms with Crippen molar-refractivity contribution in [1.82, 2.24) is 16.0 Å². The number of hydrogen-bond acceptors (Lipinski definition) is 9. The number of carboxylic acid groups (broad SMARTS) is 2. The summed E-state index contributed by atoms with van der Waals surface area (Å²) in [4.78, 5) is 62.1. The fourth-order valence-corrected chi connectivity index (χ4v) is 4.75. The molecule has 0 radical (unpaired) electrons. The minimum atomic E-state index is -1.43. The number of aliphatic carboxylic acids is 2. The molecule has 2 aromatic rings. The van der Waals surface area contributed by atoms with Gasteiger partial charge in [0, 0.05) is 23.6 Å². The lowest BCUT2D eigenvalue weighted by molar-refractivity contribution is -0.140. The van der Waals surface area contributed by atoms with Gasteiger partial charge in [0.15, 0.2) is 0 Å². The van der Waals surface area contributed by atoms with Crippen LogP contribution in [-0.4, -0.2) is 82.3 Å². The van der Waals surface area contributed by atoms with Gasteiger partial charge in [-0.3, -0.25) is 24.0 Å². The van der Waals surface area contributed by atoms with E-state index in [9.17, 15) is 39.1 Å².